The van der Waals surface area contributed by atoms with Crippen LogP contribution in [-0.4, -0.2) is 45.6 Å². The van der Waals surface area contributed by atoms with Crippen LogP contribution in [0.15, 0.2) is 12.1 Å². The molecule has 0 aliphatic carbocycles. The molecule has 10 heteroatoms. The van der Waals surface area contributed by atoms with Crippen molar-refractivity contribution in [3.8, 4) is 0 Å². The Balaban J connectivity index is 1.95. The Morgan fingerprint density at radius 1 is 1.36 bits per heavy atom. The number of carboxylic acid groups (broad SMARTS) is 1. The lowest BCUT2D eigenvalue weighted by Crippen LogP contribution is -2.38. The molecule has 5 nitrogen and oxygen atoms in total. The minimum absolute atomic E-state index is 0.0552. The van der Waals surface area contributed by atoms with Gasteiger partial charge in [0.2, 0.25) is 5.67 Å². The summed E-state index contributed by atoms with van der Waals surface area (Å²) in [6, 6.07) is 2.08. The quantitative estimate of drug-likeness (QED) is 0.817. The monoisotopic (exact) mass is 376 g/mol. The van der Waals surface area contributed by atoms with Crippen molar-refractivity contribution in [1.82, 2.24) is 9.88 Å². The zero-order valence-electron chi connectivity index (χ0n) is 12.9. The van der Waals surface area contributed by atoms with Crippen LogP contribution in [0.4, 0.5) is 17.6 Å². The molecule has 1 saturated heterocycles. The van der Waals surface area contributed by atoms with Crippen LogP contribution in [0, 0.1) is 6.92 Å². The molecule has 1 aliphatic rings. The first kappa shape index (κ1) is 17.6. The van der Waals surface area contributed by atoms with Crippen molar-refractivity contribution in [3.63, 3.8) is 0 Å². The Hall–Kier alpha value is -2.23. The highest BCUT2D eigenvalue weighted by Gasteiger charge is 2.47. The number of carbonyl (C=O) groups excluding carboxylic acids is 1. The molecule has 3 heterocycles. The average molecular weight is 376 g/mol. The minimum atomic E-state index is -4.60. The van der Waals surface area contributed by atoms with E-state index >= 15 is 0 Å². The minimum Gasteiger partial charge on any atom is -0.479 e. The first-order valence-electron chi connectivity index (χ1n) is 7.22. The van der Waals surface area contributed by atoms with Gasteiger partial charge in [-0.05, 0) is 24.6 Å². The summed E-state index contributed by atoms with van der Waals surface area (Å²) in [6.45, 7) is 0.906. The Morgan fingerprint density at radius 3 is 2.60 bits per heavy atom. The standard InChI is InChI=1S/C15H12F4N2O3S/c1-7-8-2-3-9(15(17,18)19)20-11(8)25-10(7)12(22)21-5-4-14(16,6-21)13(23)24/h2-3H,4-6H2,1H3,(H,23,24). The number of nitrogens with zero attached hydrogens (tertiary/aromatic N) is 2. The second kappa shape index (κ2) is 5.65. The number of carboxylic acids is 1. The fourth-order valence-electron chi connectivity index (χ4n) is 2.73. The first-order chi connectivity index (χ1) is 11.5. The molecule has 0 saturated carbocycles. The van der Waals surface area contributed by atoms with Gasteiger partial charge in [-0.15, -0.1) is 11.3 Å². The highest BCUT2D eigenvalue weighted by molar-refractivity contribution is 7.20. The number of pyridine rings is 1. The number of hydrogen-bond acceptors (Lipinski definition) is 4. The molecule has 0 radical (unpaired) electrons. The molecule has 3 rings (SSSR count). The smallest absolute Gasteiger partial charge is 0.433 e. The van der Waals surface area contributed by atoms with Gasteiger partial charge in [0.15, 0.2) is 0 Å². The summed E-state index contributed by atoms with van der Waals surface area (Å²) in [5, 5.41) is 9.30. The summed E-state index contributed by atoms with van der Waals surface area (Å²) >= 11 is 0.785. The normalized spacial score (nSPS) is 21.1. The third-order valence-electron chi connectivity index (χ3n) is 4.18. The van der Waals surface area contributed by atoms with E-state index in [4.69, 9.17) is 5.11 Å². The molecular weight excluding hydrogens is 364 g/mol. The number of fused-ring (bicyclic) bond motifs is 1. The third-order valence-corrected chi connectivity index (χ3v) is 5.37. The van der Waals surface area contributed by atoms with E-state index in [0.29, 0.717) is 10.9 Å². The SMILES string of the molecule is Cc1c(C(=O)N2CCC(F)(C(=O)O)C2)sc2nc(C(F)(F)F)ccc12. The maximum atomic E-state index is 14.1. The maximum absolute atomic E-state index is 14.1. The van der Waals surface area contributed by atoms with Gasteiger partial charge in [0.1, 0.15) is 10.5 Å². The van der Waals surface area contributed by atoms with Gasteiger partial charge in [-0.3, -0.25) is 4.79 Å². The van der Waals surface area contributed by atoms with Crippen molar-refractivity contribution in [2.45, 2.75) is 25.2 Å². The molecule has 1 amide bonds. The number of carbonyl (C=O) groups is 2. The molecule has 1 N–H and O–H groups in total. The van der Waals surface area contributed by atoms with Gasteiger partial charge in [0.25, 0.3) is 5.91 Å². The van der Waals surface area contributed by atoms with E-state index in [9.17, 15) is 27.2 Å². The molecule has 25 heavy (non-hydrogen) atoms. The number of aliphatic carboxylic acids is 1. The second-order valence-electron chi connectivity index (χ2n) is 5.85. The highest BCUT2D eigenvalue weighted by atomic mass is 32.1. The van der Waals surface area contributed by atoms with Gasteiger partial charge in [-0.25, -0.2) is 14.2 Å². The topological polar surface area (TPSA) is 70.5 Å². The van der Waals surface area contributed by atoms with Crippen molar-refractivity contribution in [2.24, 2.45) is 0 Å². The number of amides is 1. The molecule has 2 aromatic heterocycles. The number of halogens is 4. The van der Waals surface area contributed by atoms with E-state index in [0.717, 1.165) is 22.3 Å². The van der Waals surface area contributed by atoms with Gasteiger partial charge in [-0.1, -0.05) is 0 Å². The Morgan fingerprint density at radius 2 is 2.04 bits per heavy atom. The van der Waals surface area contributed by atoms with Gasteiger partial charge in [-0.2, -0.15) is 13.2 Å². The lowest BCUT2D eigenvalue weighted by molar-refractivity contribution is -0.149. The molecule has 1 unspecified atom stereocenters. The summed E-state index contributed by atoms with van der Waals surface area (Å²) in [4.78, 5) is 28.3. The van der Waals surface area contributed by atoms with Crippen molar-refractivity contribution in [3.05, 3.63) is 28.3 Å². The highest BCUT2D eigenvalue weighted by Crippen LogP contribution is 2.36. The van der Waals surface area contributed by atoms with Gasteiger partial charge in [0, 0.05) is 18.4 Å². The molecule has 2 aromatic rings. The van der Waals surface area contributed by atoms with Crippen LogP contribution in [0.5, 0.6) is 0 Å². The van der Waals surface area contributed by atoms with Gasteiger partial charge < -0.3 is 10.0 Å². The predicted octanol–water partition coefficient (Wildman–Crippen LogP) is 3.26. The van der Waals surface area contributed by atoms with Crippen molar-refractivity contribution in [1.29, 1.82) is 0 Å². The van der Waals surface area contributed by atoms with E-state index in [1.807, 2.05) is 0 Å². The van der Waals surface area contributed by atoms with Crippen molar-refractivity contribution in [2.75, 3.05) is 13.1 Å². The summed E-state index contributed by atoms with van der Waals surface area (Å²) in [5.74, 6) is -2.23. The lowest BCUT2D eigenvalue weighted by atomic mass is 10.1. The summed E-state index contributed by atoms with van der Waals surface area (Å²) in [6.07, 6.45) is -4.92. The molecule has 0 spiro atoms. The van der Waals surface area contributed by atoms with Crippen LogP contribution in [0.1, 0.15) is 27.3 Å². The largest absolute Gasteiger partial charge is 0.479 e. The molecule has 0 bridgehead atoms. The Bertz CT molecular complexity index is 880. The summed E-state index contributed by atoms with van der Waals surface area (Å²) in [5.41, 5.74) is -3.12. The molecule has 1 atom stereocenters. The first-order valence-corrected chi connectivity index (χ1v) is 8.03. The molecule has 1 aliphatic heterocycles. The van der Waals surface area contributed by atoms with Crippen LogP contribution in [0.3, 0.4) is 0 Å². The Kier molecular flexibility index (Phi) is 3.98. The van der Waals surface area contributed by atoms with Crippen LogP contribution >= 0.6 is 11.3 Å². The fraction of sp³-hybridized carbons (Fsp3) is 0.400. The van der Waals surface area contributed by atoms with E-state index in [1.165, 1.54) is 6.07 Å². The zero-order valence-corrected chi connectivity index (χ0v) is 13.7. The summed E-state index contributed by atoms with van der Waals surface area (Å²) in [7, 11) is 0. The molecule has 1 fully saturated rings. The summed E-state index contributed by atoms with van der Waals surface area (Å²) < 4.78 is 52.4. The fourth-order valence-corrected chi connectivity index (χ4v) is 3.87. The molecule has 134 valence electrons. The molecule has 0 aromatic carbocycles. The van der Waals surface area contributed by atoms with E-state index < -0.39 is 36.0 Å². The average Bonchev–Trinajstić information content (AvgIpc) is 3.08. The molecular formula is C15H12F4N2O3S. The van der Waals surface area contributed by atoms with E-state index in [1.54, 1.807) is 6.92 Å². The van der Waals surface area contributed by atoms with E-state index in [2.05, 4.69) is 4.98 Å². The van der Waals surface area contributed by atoms with Crippen molar-refractivity contribution < 1.29 is 32.3 Å². The lowest BCUT2D eigenvalue weighted by Gasteiger charge is -2.17. The van der Waals surface area contributed by atoms with Gasteiger partial charge >= 0.3 is 12.1 Å². The zero-order chi connectivity index (χ0) is 18.6. The number of alkyl halides is 4. The van der Waals surface area contributed by atoms with Crippen LogP contribution < -0.4 is 0 Å². The van der Waals surface area contributed by atoms with Gasteiger partial charge in [0.05, 0.1) is 11.4 Å². The Labute approximate surface area is 142 Å². The number of hydrogen-bond donors (Lipinski definition) is 1. The number of rotatable bonds is 2. The number of aromatic nitrogens is 1. The number of aryl methyl sites for hydroxylation is 1. The van der Waals surface area contributed by atoms with Crippen LogP contribution in [0.25, 0.3) is 10.2 Å². The van der Waals surface area contributed by atoms with Crippen LogP contribution in [0.2, 0.25) is 0 Å². The van der Waals surface area contributed by atoms with Crippen LogP contribution in [-0.2, 0) is 11.0 Å². The predicted molar refractivity (Wildman–Crippen MR) is 81.4 cm³/mol. The number of thiophene rings is 1. The third kappa shape index (κ3) is 2.94. The second-order valence-corrected chi connectivity index (χ2v) is 6.85. The van der Waals surface area contributed by atoms with E-state index in [-0.39, 0.29) is 22.7 Å². The maximum Gasteiger partial charge on any atom is 0.433 e. The van der Waals surface area contributed by atoms with Crippen molar-refractivity contribution >= 4 is 33.4 Å². The number of likely N-dealkylation sites (tertiary alicyclic amines) is 1.